The van der Waals surface area contributed by atoms with Crippen molar-refractivity contribution in [2.45, 2.75) is 19.8 Å². The lowest BCUT2D eigenvalue weighted by Crippen LogP contribution is -2.20. The number of nitrogens with zero attached hydrogens (tertiary/aromatic N) is 3. The molecule has 2 heterocycles. The number of nitrogen functional groups attached to an aromatic ring is 1. The highest BCUT2D eigenvalue weighted by Crippen LogP contribution is 2.19. The van der Waals surface area contributed by atoms with Crippen molar-refractivity contribution < 1.29 is 0 Å². The third kappa shape index (κ3) is 1.77. The number of nitrogens with one attached hydrogen (secondary N) is 1. The maximum absolute atomic E-state index is 5.33. The highest BCUT2D eigenvalue weighted by molar-refractivity contribution is 5.49. The summed E-state index contributed by atoms with van der Waals surface area (Å²) in [5, 5.41) is 0. The van der Waals surface area contributed by atoms with Gasteiger partial charge >= 0.3 is 0 Å². The second-order valence-electron chi connectivity index (χ2n) is 3.50. The van der Waals surface area contributed by atoms with Gasteiger partial charge in [0.1, 0.15) is 17.5 Å². The topological polar surface area (TPSA) is 67.1 Å². The fourth-order valence-corrected chi connectivity index (χ4v) is 1.73. The van der Waals surface area contributed by atoms with Crippen LogP contribution in [0.4, 0.5) is 11.6 Å². The first-order valence-corrected chi connectivity index (χ1v) is 4.87. The van der Waals surface area contributed by atoms with E-state index in [1.807, 2.05) is 13.0 Å². The molecule has 0 bridgehead atoms. The summed E-state index contributed by atoms with van der Waals surface area (Å²) in [5.74, 6) is 7.73. The van der Waals surface area contributed by atoms with Crippen molar-refractivity contribution in [3.63, 3.8) is 0 Å². The summed E-state index contributed by atoms with van der Waals surface area (Å²) in [6.07, 6.45) is 2.49. The van der Waals surface area contributed by atoms with Crippen LogP contribution in [-0.4, -0.2) is 23.1 Å². The lowest BCUT2D eigenvalue weighted by atomic mass is 10.4. The summed E-state index contributed by atoms with van der Waals surface area (Å²) >= 11 is 0. The van der Waals surface area contributed by atoms with Crippen LogP contribution >= 0.6 is 0 Å². The Labute approximate surface area is 83.3 Å². The third-order valence-corrected chi connectivity index (χ3v) is 2.40. The monoisotopic (exact) mass is 193 g/mol. The normalized spacial score (nSPS) is 16.0. The molecular formula is C9H15N5. The minimum absolute atomic E-state index is 0.680. The molecule has 0 amide bonds. The molecule has 3 N–H and O–H groups in total. The minimum Gasteiger partial charge on any atom is -0.356 e. The van der Waals surface area contributed by atoms with Crippen LogP contribution in [0.3, 0.4) is 0 Å². The number of aromatic nitrogens is 2. The van der Waals surface area contributed by atoms with Crippen LogP contribution < -0.4 is 16.2 Å². The maximum atomic E-state index is 5.33. The molecule has 0 spiro atoms. The van der Waals surface area contributed by atoms with E-state index in [9.17, 15) is 0 Å². The Kier molecular flexibility index (Phi) is 2.49. The number of hydrogen-bond donors (Lipinski definition) is 2. The lowest BCUT2D eigenvalue weighted by Gasteiger charge is -2.17. The highest BCUT2D eigenvalue weighted by atomic mass is 15.3. The Morgan fingerprint density at radius 1 is 1.36 bits per heavy atom. The van der Waals surface area contributed by atoms with Crippen molar-refractivity contribution in [1.82, 2.24) is 9.97 Å². The molecule has 1 saturated heterocycles. The molecule has 0 radical (unpaired) electrons. The van der Waals surface area contributed by atoms with E-state index >= 15 is 0 Å². The largest absolute Gasteiger partial charge is 0.356 e. The SMILES string of the molecule is Cc1nc(NN)cc(N2CCCC2)n1. The molecule has 0 aromatic carbocycles. The molecule has 0 unspecified atom stereocenters. The van der Waals surface area contributed by atoms with Crippen molar-refractivity contribution in [3.05, 3.63) is 11.9 Å². The lowest BCUT2D eigenvalue weighted by molar-refractivity contribution is 0.909. The number of nitrogens with two attached hydrogens (primary N) is 1. The predicted molar refractivity (Wildman–Crippen MR) is 56.0 cm³/mol. The molecule has 1 aromatic rings. The van der Waals surface area contributed by atoms with Crippen LogP contribution in [0.15, 0.2) is 6.07 Å². The summed E-state index contributed by atoms with van der Waals surface area (Å²) in [4.78, 5) is 10.8. The van der Waals surface area contributed by atoms with Gasteiger partial charge in [0.05, 0.1) is 0 Å². The van der Waals surface area contributed by atoms with Crippen molar-refractivity contribution >= 4 is 11.6 Å². The van der Waals surface area contributed by atoms with Gasteiger partial charge in [0, 0.05) is 19.2 Å². The first kappa shape index (κ1) is 9.21. The van der Waals surface area contributed by atoms with Crippen LogP contribution in [0.1, 0.15) is 18.7 Å². The second-order valence-corrected chi connectivity index (χ2v) is 3.50. The minimum atomic E-state index is 0.680. The Morgan fingerprint density at radius 3 is 2.71 bits per heavy atom. The smallest absolute Gasteiger partial charge is 0.145 e. The summed E-state index contributed by atoms with van der Waals surface area (Å²) in [6, 6.07) is 1.89. The zero-order valence-corrected chi connectivity index (χ0v) is 8.32. The van der Waals surface area contributed by atoms with E-state index in [0.717, 1.165) is 24.7 Å². The molecule has 0 atom stereocenters. The molecule has 1 aliphatic rings. The summed E-state index contributed by atoms with van der Waals surface area (Å²) < 4.78 is 0. The number of hydrazine groups is 1. The molecule has 1 fully saturated rings. The fraction of sp³-hybridized carbons (Fsp3) is 0.556. The van der Waals surface area contributed by atoms with Gasteiger partial charge in [-0.2, -0.15) is 0 Å². The van der Waals surface area contributed by atoms with E-state index in [-0.39, 0.29) is 0 Å². The first-order valence-electron chi connectivity index (χ1n) is 4.87. The van der Waals surface area contributed by atoms with Crippen LogP contribution in [0.25, 0.3) is 0 Å². The van der Waals surface area contributed by atoms with Gasteiger partial charge in [0.15, 0.2) is 0 Å². The Balaban J connectivity index is 2.27. The van der Waals surface area contributed by atoms with Crippen LogP contribution in [0.5, 0.6) is 0 Å². The van der Waals surface area contributed by atoms with Gasteiger partial charge in [0.2, 0.25) is 0 Å². The highest BCUT2D eigenvalue weighted by Gasteiger charge is 2.14. The van der Waals surface area contributed by atoms with E-state index < -0.39 is 0 Å². The van der Waals surface area contributed by atoms with Gasteiger partial charge in [-0.05, 0) is 19.8 Å². The standard InChI is InChI=1S/C9H15N5/c1-7-11-8(13-10)6-9(12-7)14-4-2-3-5-14/h6H,2-5,10H2,1H3,(H,11,12,13). The zero-order valence-electron chi connectivity index (χ0n) is 8.32. The molecule has 5 nitrogen and oxygen atoms in total. The van der Waals surface area contributed by atoms with E-state index in [2.05, 4.69) is 20.3 Å². The molecule has 0 saturated carbocycles. The first-order chi connectivity index (χ1) is 6.79. The Morgan fingerprint density at radius 2 is 2.07 bits per heavy atom. The number of aryl methyl sites for hydroxylation is 1. The molecule has 14 heavy (non-hydrogen) atoms. The van der Waals surface area contributed by atoms with E-state index in [1.54, 1.807) is 0 Å². The van der Waals surface area contributed by atoms with E-state index in [4.69, 9.17) is 5.84 Å². The number of hydrogen-bond acceptors (Lipinski definition) is 5. The molecular weight excluding hydrogens is 178 g/mol. The average molecular weight is 193 g/mol. The zero-order chi connectivity index (χ0) is 9.97. The maximum Gasteiger partial charge on any atom is 0.145 e. The van der Waals surface area contributed by atoms with Gasteiger partial charge in [-0.1, -0.05) is 0 Å². The van der Waals surface area contributed by atoms with E-state index in [1.165, 1.54) is 12.8 Å². The molecule has 0 aliphatic carbocycles. The fourth-order valence-electron chi connectivity index (χ4n) is 1.73. The molecule has 1 aliphatic heterocycles. The predicted octanol–water partition coefficient (Wildman–Crippen LogP) is 0.671. The van der Waals surface area contributed by atoms with Crippen molar-refractivity contribution in [1.29, 1.82) is 0 Å². The quantitative estimate of drug-likeness (QED) is 0.534. The van der Waals surface area contributed by atoms with Gasteiger partial charge in [0.25, 0.3) is 0 Å². The van der Waals surface area contributed by atoms with Crippen molar-refractivity contribution in [3.8, 4) is 0 Å². The summed E-state index contributed by atoms with van der Waals surface area (Å²) in [7, 11) is 0. The Bertz CT molecular complexity index is 319. The molecule has 2 rings (SSSR count). The second kappa shape index (κ2) is 3.79. The molecule has 76 valence electrons. The summed E-state index contributed by atoms with van der Waals surface area (Å²) in [5.41, 5.74) is 2.55. The van der Waals surface area contributed by atoms with Gasteiger partial charge < -0.3 is 10.3 Å². The van der Waals surface area contributed by atoms with Crippen LogP contribution in [0.2, 0.25) is 0 Å². The molecule has 5 heteroatoms. The van der Waals surface area contributed by atoms with Gasteiger partial charge in [-0.15, -0.1) is 0 Å². The average Bonchev–Trinajstić information content (AvgIpc) is 2.69. The van der Waals surface area contributed by atoms with Crippen molar-refractivity contribution in [2.24, 2.45) is 5.84 Å². The third-order valence-electron chi connectivity index (χ3n) is 2.40. The van der Waals surface area contributed by atoms with Crippen molar-refractivity contribution in [2.75, 3.05) is 23.4 Å². The van der Waals surface area contributed by atoms with Gasteiger partial charge in [-0.25, -0.2) is 15.8 Å². The van der Waals surface area contributed by atoms with Crippen LogP contribution in [-0.2, 0) is 0 Å². The van der Waals surface area contributed by atoms with E-state index in [0.29, 0.717) is 5.82 Å². The summed E-state index contributed by atoms with van der Waals surface area (Å²) in [6.45, 7) is 4.04. The number of anilines is 2. The Hall–Kier alpha value is -1.36. The molecule has 1 aromatic heterocycles. The van der Waals surface area contributed by atoms with Gasteiger partial charge in [-0.3, -0.25) is 0 Å². The van der Waals surface area contributed by atoms with Crippen LogP contribution in [0, 0.1) is 6.92 Å². The number of rotatable bonds is 2.